The van der Waals surface area contributed by atoms with Crippen molar-refractivity contribution >= 4 is 16.6 Å². The molecule has 0 atom stereocenters. The number of hydrogen-bond donors (Lipinski definition) is 1. The quantitative estimate of drug-likeness (QED) is 0.914. The van der Waals surface area contributed by atoms with Gasteiger partial charge in [0.25, 0.3) is 0 Å². The van der Waals surface area contributed by atoms with Gasteiger partial charge in [-0.15, -0.1) is 0 Å². The molecule has 1 aliphatic heterocycles. The van der Waals surface area contributed by atoms with Gasteiger partial charge in [-0.2, -0.15) is 0 Å². The zero-order valence-corrected chi connectivity index (χ0v) is 11.5. The van der Waals surface area contributed by atoms with Crippen molar-refractivity contribution in [3.63, 3.8) is 0 Å². The lowest BCUT2D eigenvalue weighted by molar-refractivity contribution is 0.424. The average molecular weight is 255 g/mol. The highest BCUT2D eigenvalue weighted by Crippen LogP contribution is 2.27. The van der Waals surface area contributed by atoms with E-state index in [0.717, 1.165) is 25.2 Å². The minimum Gasteiger partial charge on any atom is -0.371 e. The van der Waals surface area contributed by atoms with Gasteiger partial charge >= 0.3 is 0 Å². The monoisotopic (exact) mass is 255 g/mol. The fraction of sp³-hybridized carbons (Fsp3) is 0.438. The summed E-state index contributed by atoms with van der Waals surface area (Å²) in [6, 6.07) is 11.3. The Bertz CT molecular complexity index is 539. The molecule has 3 heteroatoms. The van der Waals surface area contributed by atoms with Crippen LogP contribution in [0.3, 0.4) is 0 Å². The number of piperidine rings is 1. The standard InChI is InChI=1S/C16H21N3/c1-2-17-13-8-11-19(12-9-13)16-7-3-6-15-14(16)5-4-10-18-15/h3-7,10,13,17H,2,8-9,11-12H2,1H3. The molecule has 100 valence electrons. The van der Waals surface area contributed by atoms with Gasteiger partial charge in [0.05, 0.1) is 5.52 Å². The fourth-order valence-electron chi connectivity index (χ4n) is 2.98. The number of rotatable bonds is 3. The van der Waals surface area contributed by atoms with Crippen LogP contribution < -0.4 is 10.2 Å². The molecule has 3 rings (SSSR count). The average Bonchev–Trinajstić information content (AvgIpc) is 2.48. The molecule has 0 amide bonds. The van der Waals surface area contributed by atoms with E-state index in [4.69, 9.17) is 0 Å². The van der Waals surface area contributed by atoms with Gasteiger partial charge in [0.2, 0.25) is 0 Å². The lowest BCUT2D eigenvalue weighted by atomic mass is 10.0. The predicted octanol–water partition coefficient (Wildman–Crippen LogP) is 2.81. The first kappa shape index (κ1) is 12.4. The van der Waals surface area contributed by atoms with Crippen molar-refractivity contribution in [2.24, 2.45) is 0 Å². The topological polar surface area (TPSA) is 28.2 Å². The maximum Gasteiger partial charge on any atom is 0.0722 e. The van der Waals surface area contributed by atoms with Crippen molar-refractivity contribution in [2.45, 2.75) is 25.8 Å². The predicted molar refractivity (Wildman–Crippen MR) is 80.7 cm³/mol. The van der Waals surface area contributed by atoms with Crippen molar-refractivity contribution in [3.8, 4) is 0 Å². The molecule has 2 aromatic rings. The summed E-state index contributed by atoms with van der Waals surface area (Å²) in [7, 11) is 0. The summed E-state index contributed by atoms with van der Waals surface area (Å²) in [5.74, 6) is 0. The van der Waals surface area contributed by atoms with E-state index in [-0.39, 0.29) is 0 Å². The van der Waals surface area contributed by atoms with E-state index < -0.39 is 0 Å². The Kier molecular flexibility index (Phi) is 3.65. The van der Waals surface area contributed by atoms with Crippen LogP contribution in [0.1, 0.15) is 19.8 Å². The molecule has 0 radical (unpaired) electrons. The summed E-state index contributed by atoms with van der Waals surface area (Å²) in [6.45, 7) is 5.52. The van der Waals surface area contributed by atoms with Crippen LogP contribution in [0.15, 0.2) is 36.5 Å². The summed E-state index contributed by atoms with van der Waals surface area (Å²) in [4.78, 5) is 6.94. The normalized spacial score (nSPS) is 17.0. The Morgan fingerprint density at radius 2 is 2.05 bits per heavy atom. The summed E-state index contributed by atoms with van der Waals surface area (Å²) >= 11 is 0. The van der Waals surface area contributed by atoms with Gasteiger partial charge in [0, 0.05) is 36.4 Å². The number of fused-ring (bicyclic) bond motifs is 1. The van der Waals surface area contributed by atoms with Crippen molar-refractivity contribution in [1.29, 1.82) is 0 Å². The Hall–Kier alpha value is -1.61. The molecule has 0 bridgehead atoms. The maximum absolute atomic E-state index is 4.44. The van der Waals surface area contributed by atoms with Crippen LogP contribution in [-0.2, 0) is 0 Å². The number of benzene rings is 1. The molecule has 0 spiro atoms. The van der Waals surface area contributed by atoms with Crippen molar-refractivity contribution < 1.29 is 0 Å². The van der Waals surface area contributed by atoms with Crippen LogP contribution in [0.25, 0.3) is 10.9 Å². The Morgan fingerprint density at radius 1 is 1.21 bits per heavy atom. The highest BCUT2D eigenvalue weighted by molar-refractivity contribution is 5.91. The molecule has 19 heavy (non-hydrogen) atoms. The SMILES string of the molecule is CCNC1CCN(c2cccc3ncccc23)CC1. The summed E-state index contributed by atoms with van der Waals surface area (Å²) in [5, 5.41) is 4.82. The number of anilines is 1. The molecule has 0 aliphatic carbocycles. The summed E-state index contributed by atoms with van der Waals surface area (Å²) in [5.41, 5.74) is 2.43. The van der Waals surface area contributed by atoms with E-state index in [1.165, 1.54) is 23.9 Å². The summed E-state index contributed by atoms with van der Waals surface area (Å²) < 4.78 is 0. The molecular formula is C16H21N3. The number of nitrogens with one attached hydrogen (secondary N) is 1. The summed E-state index contributed by atoms with van der Waals surface area (Å²) in [6.07, 6.45) is 4.32. The molecule has 3 nitrogen and oxygen atoms in total. The molecule has 1 fully saturated rings. The molecule has 1 aliphatic rings. The minimum atomic E-state index is 0.689. The van der Waals surface area contributed by atoms with Gasteiger partial charge in [-0.25, -0.2) is 0 Å². The van der Waals surface area contributed by atoms with Gasteiger partial charge in [-0.05, 0) is 43.7 Å². The number of nitrogens with zero attached hydrogens (tertiary/aromatic N) is 2. The van der Waals surface area contributed by atoms with E-state index >= 15 is 0 Å². The second-order valence-corrected chi connectivity index (χ2v) is 5.17. The highest BCUT2D eigenvalue weighted by atomic mass is 15.1. The van der Waals surface area contributed by atoms with E-state index in [1.54, 1.807) is 0 Å². The molecule has 2 heterocycles. The molecule has 1 N–H and O–H groups in total. The van der Waals surface area contributed by atoms with Gasteiger partial charge in [-0.1, -0.05) is 13.0 Å². The second-order valence-electron chi connectivity index (χ2n) is 5.17. The van der Waals surface area contributed by atoms with Crippen molar-refractivity contribution in [2.75, 3.05) is 24.5 Å². The molecular weight excluding hydrogens is 234 g/mol. The molecule has 1 saturated heterocycles. The van der Waals surface area contributed by atoms with Crippen LogP contribution in [0, 0.1) is 0 Å². The Balaban J connectivity index is 1.82. The number of pyridine rings is 1. The van der Waals surface area contributed by atoms with Gasteiger partial charge in [-0.3, -0.25) is 4.98 Å². The lowest BCUT2D eigenvalue weighted by Gasteiger charge is -2.34. The fourth-order valence-corrected chi connectivity index (χ4v) is 2.98. The second kappa shape index (κ2) is 5.57. The first-order chi connectivity index (χ1) is 9.38. The third-order valence-electron chi connectivity index (χ3n) is 3.95. The highest BCUT2D eigenvalue weighted by Gasteiger charge is 2.19. The number of aromatic nitrogens is 1. The van der Waals surface area contributed by atoms with Crippen molar-refractivity contribution in [1.82, 2.24) is 10.3 Å². The van der Waals surface area contributed by atoms with Crippen LogP contribution in [0.5, 0.6) is 0 Å². The zero-order valence-electron chi connectivity index (χ0n) is 11.5. The van der Waals surface area contributed by atoms with E-state index in [1.807, 2.05) is 12.3 Å². The van der Waals surface area contributed by atoms with Crippen LogP contribution in [0.4, 0.5) is 5.69 Å². The Morgan fingerprint density at radius 3 is 2.84 bits per heavy atom. The number of hydrogen-bond acceptors (Lipinski definition) is 3. The third-order valence-corrected chi connectivity index (χ3v) is 3.95. The van der Waals surface area contributed by atoms with E-state index in [0.29, 0.717) is 6.04 Å². The van der Waals surface area contributed by atoms with Gasteiger partial charge in [0.15, 0.2) is 0 Å². The van der Waals surface area contributed by atoms with Crippen LogP contribution in [-0.4, -0.2) is 30.7 Å². The molecule has 0 saturated carbocycles. The van der Waals surface area contributed by atoms with E-state index in [9.17, 15) is 0 Å². The lowest BCUT2D eigenvalue weighted by Crippen LogP contribution is -2.42. The third kappa shape index (κ3) is 2.56. The van der Waals surface area contributed by atoms with Gasteiger partial charge < -0.3 is 10.2 Å². The largest absolute Gasteiger partial charge is 0.371 e. The van der Waals surface area contributed by atoms with Crippen LogP contribution in [0.2, 0.25) is 0 Å². The zero-order chi connectivity index (χ0) is 13.1. The molecule has 1 aromatic heterocycles. The molecule has 0 unspecified atom stereocenters. The minimum absolute atomic E-state index is 0.689. The first-order valence-corrected chi connectivity index (χ1v) is 7.20. The Labute approximate surface area is 114 Å². The molecule has 1 aromatic carbocycles. The van der Waals surface area contributed by atoms with Crippen LogP contribution >= 0.6 is 0 Å². The maximum atomic E-state index is 4.44. The first-order valence-electron chi connectivity index (χ1n) is 7.20. The van der Waals surface area contributed by atoms with Gasteiger partial charge in [0.1, 0.15) is 0 Å². The van der Waals surface area contributed by atoms with Crippen molar-refractivity contribution in [3.05, 3.63) is 36.5 Å². The smallest absolute Gasteiger partial charge is 0.0722 e. The van der Waals surface area contributed by atoms with E-state index in [2.05, 4.69) is 46.4 Å².